The van der Waals surface area contributed by atoms with Gasteiger partial charge in [0.2, 0.25) is 26.0 Å². The van der Waals surface area contributed by atoms with E-state index in [1.165, 1.54) is 12.1 Å². The molecule has 12 heteroatoms. The van der Waals surface area contributed by atoms with Gasteiger partial charge in [0.15, 0.2) is 0 Å². The molecule has 1 aliphatic rings. The molecule has 3 N–H and O–H groups in total. The number of carboxylic acid groups (broad SMARTS) is 1. The molecule has 2 aromatic rings. The summed E-state index contributed by atoms with van der Waals surface area (Å²) in [6.45, 7) is -0.435. The van der Waals surface area contributed by atoms with Crippen molar-refractivity contribution in [2.24, 2.45) is 0 Å². The van der Waals surface area contributed by atoms with Crippen molar-refractivity contribution in [1.29, 1.82) is 0 Å². The highest BCUT2D eigenvalue weighted by atomic mass is 32.2. The Labute approximate surface area is 199 Å². The van der Waals surface area contributed by atoms with Crippen LogP contribution >= 0.6 is 0 Å². The number of aliphatic carboxylic acids is 1. The second kappa shape index (κ2) is 11.1. The van der Waals surface area contributed by atoms with E-state index in [1.807, 2.05) is 6.07 Å². The third kappa shape index (κ3) is 6.63. The molecule has 10 nitrogen and oxygen atoms in total. The maximum Gasteiger partial charge on any atom is 0.327 e. The number of nitrogens with zero attached hydrogens (tertiary/aromatic N) is 1. The Bertz CT molecular complexity index is 1200. The van der Waals surface area contributed by atoms with Gasteiger partial charge < -0.3 is 10.4 Å². The van der Waals surface area contributed by atoms with Crippen LogP contribution in [0.15, 0.2) is 65.6 Å². The summed E-state index contributed by atoms with van der Waals surface area (Å²) < 4.78 is 53.8. The Kier molecular flexibility index (Phi) is 8.42. The molecule has 2 aromatic carbocycles. The van der Waals surface area contributed by atoms with Gasteiger partial charge in [0.1, 0.15) is 12.1 Å². The average Bonchev–Trinajstić information content (AvgIpc) is 3.33. The van der Waals surface area contributed by atoms with Crippen LogP contribution in [0, 0.1) is 0 Å². The van der Waals surface area contributed by atoms with Gasteiger partial charge in [0.05, 0.1) is 10.6 Å². The zero-order valence-corrected chi connectivity index (χ0v) is 20.0. The molecule has 0 saturated carbocycles. The lowest BCUT2D eigenvalue weighted by Crippen LogP contribution is -2.54. The summed E-state index contributed by atoms with van der Waals surface area (Å²) in [4.78, 5) is 24.5. The van der Waals surface area contributed by atoms with Crippen molar-refractivity contribution >= 4 is 31.9 Å². The second-order valence-corrected chi connectivity index (χ2v) is 11.7. The summed E-state index contributed by atoms with van der Waals surface area (Å²) in [7, 11) is -7.75. The van der Waals surface area contributed by atoms with Crippen LogP contribution in [0.1, 0.15) is 18.4 Å². The van der Waals surface area contributed by atoms with Crippen LogP contribution in [0.3, 0.4) is 0 Å². The van der Waals surface area contributed by atoms with Gasteiger partial charge >= 0.3 is 5.97 Å². The van der Waals surface area contributed by atoms with E-state index < -0.39 is 50.6 Å². The van der Waals surface area contributed by atoms with Gasteiger partial charge in [-0.15, -0.1) is 0 Å². The maximum atomic E-state index is 13.0. The van der Waals surface area contributed by atoms with Crippen LogP contribution in [-0.2, 0) is 36.1 Å². The minimum atomic E-state index is -3.94. The van der Waals surface area contributed by atoms with E-state index >= 15 is 0 Å². The molecule has 0 unspecified atom stereocenters. The lowest BCUT2D eigenvalue weighted by Gasteiger charge is -2.25. The molecule has 3 rings (SSSR count). The van der Waals surface area contributed by atoms with Crippen LogP contribution in [0.4, 0.5) is 0 Å². The van der Waals surface area contributed by atoms with E-state index in [0.29, 0.717) is 6.42 Å². The Morgan fingerprint density at radius 2 is 1.62 bits per heavy atom. The minimum absolute atomic E-state index is 0.0376. The molecule has 1 heterocycles. The topological polar surface area (TPSA) is 150 Å². The van der Waals surface area contributed by atoms with E-state index in [4.69, 9.17) is 0 Å². The number of benzene rings is 2. The van der Waals surface area contributed by atoms with Gasteiger partial charge in [-0.2, -0.15) is 4.31 Å². The molecule has 0 spiro atoms. The summed E-state index contributed by atoms with van der Waals surface area (Å²) in [6, 6.07) is 14.0. The molecule has 0 aliphatic carbocycles. The number of hydrogen-bond acceptors (Lipinski definition) is 6. The summed E-state index contributed by atoms with van der Waals surface area (Å²) >= 11 is 0. The SMILES string of the molecule is O=C(O)[C@H](CNS(=O)(=O)CCc1ccccc1)NC(=O)[C@@H]1CCCN1S(=O)(=O)c1ccccc1. The zero-order chi connectivity index (χ0) is 24.8. The molecule has 2 atom stereocenters. The van der Waals surface area contributed by atoms with Gasteiger partial charge in [-0.25, -0.2) is 26.4 Å². The molecule has 0 bridgehead atoms. The first-order chi connectivity index (χ1) is 16.1. The van der Waals surface area contributed by atoms with E-state index in [1.54, 1.807) is 42.5 Å². The third-order valence-electron chi connectivity index (χ3n) is 5.48. The molecular formula is C22H27N3O7S2. The zero-order valence-electron chi connectivity index (χ0n) is 18.3. The first-order valence-corrected chi connectivity index (χ1v) is 13.8. The number of rotatable bonds is 11. The highest BCUT2D eigenvalue weighted by Crippen LogP contribution is 2.26. The summed E-state index contributed by atoms with van der Waals surface area (Å²) in [5, 5.41) is 11.8. The van der Waals surface area contributed by atoms with Crippen LogP contribution < -0.4 is 10.0 Å². The largest absolute Gasteiger partial charge is 0.480 e. The van der Waals surface area contributed by atoms with Gasteiger partial charge in [-0.1, -0.05) is 48.5 Å². The molecule has 0 aromatic heterocycles. The van der Waals surface area contributed by atoms with Crippen molar-refractivity contribution in [3.05, 3.63) is 66.2 Å². The monoisotopic (exact) mass is 509 g/mol. The first-order valence-electron chi connectivity index (χ1n) is 10.7. The number of nitrogens with one attached hydrogen (secondary N) is 2. The Hall–Kier alpha value is -2.80. The van der Waals surface area contributed by atoms with Crippen molar-refractivity contribution in [2.75, 3.05) is 18.8 Å². The molecular weight excluding hydrogens is 482 g/mol. The fourth-order valence-corrected chi connectivity index (χ4v) is 6.41. The van der Waals surface area contributed by atoms with Crippen LogP contribution in [0.2, 0.25) is 0 Å². The fourth-order valence-electron chi connectivity index (χ4n) is 3.67. The molecule has 184 valence electrons. The third-order valence-corrected chi connectivity index (χ3v) is 8.75. The van der Waals surface area contributed by atoms with E-state index in [-0.39, 0.29) is 30.0 Å². The Balaban J connectivity index is 1.62. The molecule has 1 fully saturated rings. The van der Waals surface area contributed by atoms with E-state index in [0.717, 1.165) is 9.87 Å². The highest BCUT2D eigenvalue weighted by molar-refractivity contribution is 7.89. The molecule has 34 heavy (non-hydrogen) atoms. The summed E-state index contributed by atoms with van der Waals surface area (Å²) in [5.41, 5.74) is 0.817. The number of aryl methyl sites for hydroxylation is 1. The molecule has 1 aliphatic heterocycles. The predicted octanol–water partition coefficient (Wildman–Crippen LogP) is 0.571. The average molecular weight is 510 g/mol. The molecule has 1 saturated heterocycles. The second-order valence-electron chi connectivity index (χ2n) is 7.89. The standard InChI is InChI=1S/C22H27N3O7S2/c26-21(20-12-7-14-25(20)34(31,32)18-10-5-2-6-11-18)24-19(22(27)28)16-23-33(29,30)15-13-17-8-3-1-4-9-17/h1-6,8-11,19-20,23H,7,12-16H2,(H,24,26)(H,27,28)/t19-,20-/m0/s1. The van der Waals surface area contributed by atoms with Gasteiger partial charge in [-0.3, -0.25) is 4.79 Å². The number of carbonyl (C=O) groups excluding carboxylic acids is 1. The smallest absolute Gasteiger partial charge is 0.327 e. The van der Waals surface area contributed by atoms with Crippen LogP contribution in [0.25, 0.3) is 0 Å². The van der Waals surface area contributed by atoms with E-state index in [2.05, 4.69) is 10.0 Å². The first kappa shape index (κ1) is 25.8. The lowest BCUT2D eigenvalue weighted by atomic mass is 10.2. The minimum Gasteiger partial charge on any atom is -0.480 e. The normalized spacial score (nSPS) is 17.8. The Morgan fingerprint density at radius 3 is 2.24 bits per heavy atom. The van der Waals surface area contributed by atoms with Gasteiger partial charge in [0, 0.05) is 13.1 Å². The van der Waals surface area contributed by atoms with Crippen molar-refractivity contribution in [3.8, 4) is 0 Å². The van der Waals surface area contributed by atoms with Crippen molar-refractivity contribution in [2.45, 2.75) is 36.2 Å². The van der Waals surface area contributed by atoms with Crippen LogP contribution in [0.5, 0.6) is 0 Å². The van der Waals surface area contributed by atoms with Gasteiger partial charge in [0.25, 0.3) is 0 Å². The van der Waals surface area contributed by atoms with Crippen LogP contribution in [-0.4, -0.2) is 69.0 Å². The maximum absolute atomic E-state index is 13.0. The van der Waals surface area contributed by atoms with Crippen molar-refractivity contribution in [3.63, 3.8) is 0 Å². The Morgan fingerprint density at radius 1 is 1.00 bits per heavy atom. The number of carboxylic acids is 1. The quantitative estimate of drug-likeness (QED) is 0.401. The molecule has 0 radical (unpaired) electrons. The summed E-state index contributed by atoms with van der Waals surface area (Å²) in [5.74, 6) is -2.47. The number of carbonyl (C=O) groups is 2. The van der Waals surface area contributed by atoms with Gasteiger partial charge in [-0.05, 0) is 37.0 Å². The summed E-state index contributed by atoms with van der Waals surface area (Å²) in [6.07, 6.45) is 0.912. The number of hydrogen-bond donors (Lipinski definition) is 3. The number of sulfonamides is 2. The lowest BCUT2D eigenvalue weighted by molar-refractivity contribution is -0.142. The highest BCUT2D eigenvalue weighted by Gasteiger charge is 2.40. The molecule has 1 amide bonds. The predicted molar refractivity (Wildman–Crippen MR) is 125 cm³/mol. The van der Waals surface area contributed by atoms with Crippen molar-refractivity contribution in [1.82, 2.24) is 14.3 Å². The van der Waals surface area contributed by atoms with Crippen molar-refractivity contribution < 1.29 is 31.5 Å². The van der Waals surface area contributed by atoms with E-state index in [9.17, 15) is 31.5 Å². The fraction of sp³-hybridized carbons (Fsp3) is 0.364. The number of amides is 1.